The van der Waals surface area contributed by atoms with Crippen LogP contribution in [0.1, 0.15) is 59.1 Å². The molecule has 0 saturated carbocycles. The number of nitrogens with one attached hydrogen (secondary N) is 1. The number of nitrogens with zero attached hydrogens (tertiary/aromatic N) is 1. The first-order valence-corrected chi connectivity index (χ1v) is 12.1. The topological polar surface area (TPSA) is 49.4 Å². The van der Waals surface area contributed by atoms with Crippen molar-refractivity contribution in [1.29, 1.82) is 0 Å². The fourth-order valence-electron chi connectivity index (χ4n) is 4.02. The molecule has 1 aliphatic rings. The summed E-state index contributed by atoms with van der Waals surface area (Å²) in [7, 11) is 0. The minimum Gasteiger partial charge on any atom is -0.322 e. The van der Waals surface area contributed by atoms with Crippen molar-refractivity contribution in [1.82, 2.24) is 0 Å². The number of benzene rings is 3. The molecule has 0 spiro atoms. The second-order valence-electron chi connectivity index (χ2n) is 8.23. The van der Waals surface area contributed by atoms with Crippen molar-refractivity contribution < 1.29 is 9.59 Å². The third-order valence-corrected chi connectivity index (χ3v) is 6.98. The quantitative estimate of drug-likeness (QED) is 0.478. The molecule has 0 aromatic heterocycles. The summed E-state index contributed by atoms with van der Waals surface area (Å²) in [5.41, 5.74) is 5.57. The minimum absolute atomic E-state index is 0.0874. The van der Waals surface area contributed by atoms with E-state index in [1.807, 2.05) is 71.6 Å². The van der Waals surface area contributed by atoms with Gasteiger partial charge in [-0.1, -0.05) is 69.3 Å². The fraction of sp³-hybridized carbons (Fsp3) is 0.259. The molecule has 1 fully saturated rings. The molecule has 1 saturated heterocycles. The Morgan fingerprint density at radius 3 is 2.44 bits per heavy atom. The summed E-state index contributed by atoms with van der Waals surface area (Å²) in [6.45, 7) is 6.37. The molecule has 3 aromatic rings. The smallest absolute Gasteiger partial charge is 0.255 e. The van der Waals surface area contributed by atoms with Gasteiger partial charge in [-0.15, -0.1) is 11.8 Å². The third-order valence-electron chi connectivity index (χ3n) is 5.79. The van der Waals surface area contributed by atoms with E-state index in [-0.39, 0.29) is 17.2 Å². The molecule has 4 nitrogen and oxygen atoms in total. The number of anilines is 2. The highest BCUT2D eigenvalue weighted by Crippen LogP contribution is 2.46. The molecule has 0 bridgehead atoms. The number of carbonyl (C=O) groups excluding carboxylic acids is 2. The summed E-state index contributed by atoms with van der Waals surface area (Å²) in [6, 6.07) is 23.5. The number of thioether (sulfide) groups is 1. The summed E-state index contributed by atoms with van der Waals surface area (Å²) in [4.78, 5) is 27.8. The Morgan fingerprint density at radius 2 is 1.72 bits per heavy atom. The molecule has 1 atom stereocenters. The monoisotopic (exact) mass is 444 g/mol. The van der Waals surface area contributed by atoms with Crippen LogP contribution in [0.25, 0.3) is 0 Å². The first-order valence-electron chi connectivity index (χ1n) is 11.0. The molecule has 1 N–H and O–H groups in total. The number of rotatable bonds is 6. The SMILES string of the molecule is CCc1ccc(C(=O)Nc2ccccc2[C@H]2SCC(=O)N2c2ccccc2C(C)C)cc1. The van der Waals surface area contributed by atoms with Crippen molar-refractivity contribution in [2.24, 2.45) is 0 Å². The van der Waals surface area contributed by atoms with Gasteiger partial charge >= 0.3 is 0 Å². The number of aryl methyl sites for hydroxylation is 1. The summed E-state index contributed by atoms with van der Waals surface area (Å²) in [5, 5.41) is 2.88. The molecule has 5 heteroatoms. The Morgan fingerprint density at radius 1 is 1.03 bits per heavy atom. The second-order valence-corrected chi connectivity index (χ2v) is 9.30. The largest absolute Gasteiger partial charge is 0.322 e. The van der Waals surface area contributed by atoms with Gasteiger partial charge in [-0.2, -0.15) is 0 Å². The van der Waals surface area contributed by atoms with Crippen molar-refractivity contribution in [3.8, 4) is 0 Å². The van der Waals surface area contributed by atoms with E-state index in [0.717, 1.165) is 28.9 Å². The predicted molar refractivity (Wildman–Crippen MR) is 133 cm³/mol. The average Bonchev–Trinajstić information content (AvgIpc) is 3.20. The highest BCUT2D eigenvalue weighted by atomic mass is 32.2. The van der Waals surface area contributed by atoms with Crippen molar-refractivity contribution in [2.45, 2.75) is 38.5 Å². The highest BCUT2D eigenvalue weighted by molar-refractivity contribution is 8.00. The number of carbonyl (C=O) groups is 2. The normalized spacial score (nSPS) is 15.9. The molecule has 2 amide bonds. The molecular formula is C27H28N2O2S. The molecule has 1 heterocycles. The summed E-state index contributed by atoms with van der Waals surface area (Å²) in [5.74, 6) is 0.650. The second kappa shape index (κ2) is 9.61. The third kappa shape index (κ3) is 4.44. The summed E-state index contributed by atoms with van der Waals surface area (Å²) < 4.78 is 0. The lowest BCUT2D eigenvalue weighted by Gasteiger charge is -2.29. The fourth-order valence-corrected chi connectivity index (χ4v) is 5.23. The van der Waals surface area contributed by atoms with Crippen LogP contribution in [0, 0.1) is 0 Å². The van der Waals surface area contributed by atoms with Crippen LogP contribution in [-0.2, 0) is 11.2 Å². The Labute approximate surface area is 194 Å². The summed E-state index contributed by atoms with van der Waals surface area (Å²) in [6.07, 6.45) is 0.936. The van der Waals surface area contributed by atoms with Gasteiger partial charge in [-0.3, -0.25) is 14.5 Å². The van der Waals surface area contributed by atoms with Crippen LogP contribution in [0.3, 0.4) is 0 Å². The van der Waals surface area contributed by atoms with Crippen LogP contribution >= 0.6 is 11.8 Å². The molecule has 3 aromatic carbocycles. The van der Waals surface area contributed by atoms with E-state index in [2.05, 4.69) is 32.2 Å². The van der Waals surface area contributed by atoms with E-state index < -0.39 is 0 Å². The maximum atomic E-state index is 13.0. The van der Waals surface area contributed by atoms with Crippen LogP contribution in [-0.4, -0.2) is 17.6 Å². The first-order chi connectivity index (χ1) is 15.5. The molecule has 0 aliphatic carbocycles. The van der Waals surface area contributed by atoms with Gasteiger partial charge in [0.15, 0.2) is 0 Å². The molecular weight excluding hydrogens is 416 g/mol. The van der Waals surface area contributed by atoms with Crippen LogP contribution in [0.2, 0.25) is 0 Å². The maximum Gasteiger partial charge on any atom is 0.255 e. The van der Waals surface area contributed by atoms with Crippen LogP contribution in [0.4, 0.5) is 11.4 Å². The van der Waals surface area contributed by atoms with Gasteiger partial charge in [0.25, 0.3) is 5.91 Å². The van der Waals surface area contributed by atoms with E-state index in [0.29, 0.717) is 17.2 Å². The lowest BCUT2D eigenvalue weighted by Crippen LogP contribution is -2.29. The zero-order chi connectivity index (χ0) is 22.7. The molecule has 1 aliphatic heterocycles. The van der Waals surface area contributed by atoms with E-state index >= 15 is 0 Å². The predicted octanol–water partition coefficient (Wildman–Crippen LogP) is 6.40. The van der Waals surface area contributed by atoms with Crippen LogP contribution in [0.5, 0.6) is 0 Å². The maximum absolute atomic E-state index is 13.0. The standard InChI is InChI=1S/C27H28N2O2S/c1-4-19-13-15-20(16-14-19)26(31)28-23-11-7-5-10-22(23)27-29(25(30)17-32-27)24-12-8-6-9-21(24)18(2)3/h5-16,18,27H,4,17H2,1-3H3,(H,28,31)/t27-/m1/s1. The Balaban J connectivity index is 1.67. The molecule has 0 radical (unpaired) electrons. The zero-order valence-electron chi connectivity index (χ0n) is 18.7. The lowest BCUT2D eigenvalue weighted by atomic mass is 10.00. The van der Waals surface area contributed by atoms with Gasteiger partial charge in [-0.25, -0.2) is 0 Å². The average molecular weight is 445 g/mol. The van der Waals surface area contributed by atoms with Gasteiger partial charge in [0.2, 0.25) is 5.91 Å². The Bertz CT molecular complexity index is 1120. The number of para-hydroxylation sites is 2. The van der Waals surface area contributed by atoms with E-state index in [1.165, 1.54) is 5.56 Å². The zero-order valence-corrected chi connectivity index (χ0v) is 19.5. The molecule has 0 unspecified atom stereocenters. The molecule has 4 rings (SSSR count). The van der Waals surface area contributed by atoms with Gasteiger partial charge in [-0.05, 0) is 47.7 Å². The Kier molecular flexibility index (Phi) is 6.66. The Hall–Kier alpha value is -3.05. The van der Waals surface area contributed by atoms with E-state index in [9.17, 15) is 9.59 Å². The van der Waals surface area contributed by atoms with Gasteiger partial charge in [0.05, 0.1) is 5.75 Å². The van der Waals surface area contributed by atoms with Crippen molar-refractivity contribution in [3.63, 3.8) is 0 Å². The van der Waals surface area contributed by atoms with Crippen LogP contribution < -0.4 is 10.2 Å². The summed E-state index contributed by atoms with van der Waals surface area (Å²) >= 11 is 1.59. The van der Waals surface area contributed by atoms with Gasteiger partial charge in [0, 0.05) is 22.5 Å². The van der Waals surface area contributed by atoms with Crippen molar-refractivity contribution >= 4 is 35.0 Å². The lowest BCUT2D eigenvalue weighted by molar-refractivity contribution is -0.115. The van der Waals surface area contributed by atoms with Crippen molar-refractivity contribution in [3.05, 3.63) is 95.1 Å². The van der Waals surface area contributed by atoms with E-state index in [4.69, 9.17) is 0 Å². The number of amides is 2. The van der Waals surface area contributed by atoms with Crippen LogP contribution in [0.15, 0.2) is 72.8 Å². The van der Waals surface area contributed by atoms with E-state index in [1.54, 1.807) is 11.8 Å². The van der Waals surface area contributed by atoms with Gasteiger partial charge in [0.1, 0.15) is 5.37 Å². The molecule has 32 heavy (non-hydrogen) atoms. The number of hydrogen-bond donors (Lipinski definition) is 1. The number of hydrogen-bond acceptors (Lipinski definition) is 3. The van der Waals surface area contributed by atoms with Crippen molar-refractivity contribution in [2.75, 3.05) is 16.0 Å². The molecule has 164 valence electrons. The first kappa shape index (κ1) is 22.2. The van der Waals surface area contributed by atoms with Gasteiger partial charge < -0.3 is 5.32 Å². The highest BCUT2D eigenvalue weighted by Gasteiger charge is 2.36. The minimum atomic E-state index is -0.193.